The molecule has 1 aromatic carbocycles. The Morgan fingerprint density at radius 3 is 1.90 bits per heavy atom. The zero-order chi connectivity index (χ0) is 7.61. The van der Waals surface area contributed by atoms with Gasteiger partial charge in [-0.1, -0.05) is 41.9 Å². The molecule has 10 heavy (non-hydrogen) atoms. The lowest BCUT2D eigenvalue weighted by Gasteiger charge is -2.11. The number of halogens is 1. The molecule has 0 aliphatic rings. The van der Waals surface area contributed by atoms with E-state index in [1.165, 1.54) is 12.1 Å². The Morgan fingerprint density at radius 2 is 1.60 bits per heavy atom. The lowest BCUT2D eigenvalue weighted by atomic mass is 10.2. The molecule has 0 fully saturated rings. The maximum absolute atomic E-state index is 8.81. The zero-order valence-corrected chi connectivity index (χ0v) is 5.92. The van der Waals surface area contributed by atoms with E-state index in [2.05, 4.69) is 0 Å². The van der Waals surface area contributed by atoms with E-state index in [1.807, 2.05) is 0 Å². The van der Waals surface area contributed by atoms with Gasteiger partial charge in [0.25, 0.3) is 5.25 Å². The topological polar surface area (TPSA) is 40.5 Å². The summed E-state index contributed by atoms with van der Waals surface area (Å²) in [5.74, 6) is 0. The molecular weight excluding hydrogens is 152 g/mol. The Balaban J connectivity index is 2.97. The Morgan fingerprint density at radius 1 is 1.10 bits per heavy atom. The fraction of sp³-hybridized carbons (Fsp3) is 0.143. The van der Waals surface area contributed by atoms with Crippen molar-refractivity contribution in [1.82, 2.24) is 0 Å². The first-order valence-corrected chi connectivity index (χ1v) is 3.17. The second-order valence-electron chi connectivity index (χ2n) is 1.95. The van der Waals surface area contributed by atoms with Crippen molar-refractivity contribution < 1.29 is 10.2 Å². The van der Waals surface area contributed by atoms with Gasteiger partial charge in [0.15, 0.2) is 0 Å². The van der Waals surface area contributed by atoms with Crippen LogP contribution in [0.3, 0.4) is 0 Å². The fourth-order valence-corrected chi connectivity index (χ4v) is 0.776. The lowest BCUT2D eigenvalue weighted by Crippen LogP contribution is -2.15. The van der Waals surface area contributed by atoms with Crippen LogP contribution >= 0.6 is 11.6 Å². The van der Waals surface area contributed by atoms with Crippen LogP contribution in [-0.4, -0.2) is 10.2 Å². The first-order valence-electron chi connectivity index (χ1n) is 2.80. The molecule has 3 heteroatoms. The van der Waals surface area contributed by atoms with E-state index in [0.717, 1.165) is 0 Å². The van der Waals surface area contributed by atoms with Crippen molar-refractivity contribution in [2.24, 2.45) is 0 Å². The minimum Gasteiger partial charge on any atom is -0.350 e. The number of rotatable bonds is 1. The molecule has 54 valence electrons. The van der Waals surface area contributed by atoms with Crippen LogP contribution in [0.5, 0.6) is 0 Å². The van der Waals surface area contributed by atoms with Crippen molar-refractivity contribution in [2.75, 3.05) is 0 Å². The zero-order valence-electron chi connectivity index (χ0n) is 5.16. The molecule has 0 saturated carbocycles. The number of benzene rings is 1. The maximum atomic E-state index is 8.81. The molecule has 0 radical (unpaired) electrons. The third-order valence-corrected chi connectivity index (χ3v) is 1.36. The highest BCUT2D eigenvalue weighted by atomic mass is 35.5. The van der Waals surface area contributed by atoms with Crippen molar-refractivity contribution in [3.8, 4) is 0 Å². The molecule has 0 unspecified atom stereocenters. The third kappa shape index (κ3) is 1.70. The average molecular weight is 159 g/mol. The summed E-state index contributed by atoms with van der Waals surface area (Å²) < 4.78 is 0. The fourth-order valence-electron chi connectivity index (χ4n) is 0.650. The molecule has 0 amide bonds. The maximum Gasteiger partial charge on any atom is 0.271 e. The van der Waals surface area contributed by atoms with Gasteiger partial charge in [0, 0.05) is 5.56 Å². The van der Waals surface area contributed by atoms with E-state index in [-0.39, 0.29) is 5.56 Å². The van der Waals surface area contributed by atoms with Crippen LogP contribution in [0.4, 0.5) is 0 Å². The summed E-state index contributed by atoms with van der Waals surface area (Å²) in [5, 5.41) is 15.4. The van der Waals surface area contributed by atoms with E-state index in [4.69, 9.17) is 21.8 Å². The molecule has 0 atom stereocenters. The first-order chi connectivity index (χ1) is 4.61. The number of hydrogen-bond acceptors (Lipinski definition) is 2. The van der Waals surface area contributed by atoms with Gasteiger partial charge in [-0.05, 0) is 0 Å². The van der Waals surface area contributed by atoms with Crippen LogP contribution < -0.4 is 0 Å². The third-order valence-electron chi connectivity index (χ3n) is 1.14. The molecule has 0 aliphatic carbocycles. The largest absolute Gasteiger partial charge is 0.350 e. The van der Waals surface area contributed by atoms with Crippen molar-refractivity contribution in [2.45, 2.75) is 5.25 Å². The van der Waals surface area contributed by atoms with Crippen molar-refractivity contribution in [3.63, 3.8) is 0 Å². The molecule has 2 nitrogen and oxygen atoms in total. The summed E-state index contributed by atoms with van der Waals surface area (Å²) in [6.45, 7) is 0. The molecule has 0 aromatic heterocycles. The van der Waals surface area contributed by atoms with Crippen LogP contribution in [0.2, 0.25) is 0 Å². The van der Waals surface area contributed by atoms with Crippen molar-refractivity contribution >= 4 is 11.6 Å². The smallest absolute Gasteiger partial charge is 0.271 e. The Labute approximate surface area is 63.7 Å². The molecule has 1 rings (SSSR count). The highest BCUT2D eigenvalue weighted by Crippen LogP contribution is 2.20. The van der Waals surface area contributed by atoms with Crippen molar-refractivity contribution in [3.05, 3.63) is 35.9 Å². The number of hydrogen-bond donors (Lipinski definition) is 2. The monoisotopic (exact) mass is 158 g/mol. The SMILES string of the molecule is OC(O)(Cl)c1ccccc1. The van der Waals surface area contributed by atoms with Crippen LogP contribution in [0.1, 0.15) is 5.56 Å². The van der Waals surface area contributed by atoms with Gasteiger partial charge in [0.2, 0.25) is 0 Å². The second-order valence-corrected chi connectivity index (χ2v) is 2.48. The van der Waals surface area contributed by atoms with Crippen LogP contribution in [-0.2, 0) is 5.25 Å². The van der Waals surface area contributed by atoms with Crippen LogP contribution in [0.25, 0.3) is 0 Å². The minimum absolute atomic E-state index is 0.275. The predicted molar refractivity (Wildman–Crippen MR) is 38.4 cm³/mol. The summed E-state index contributed by atoms with van der Waals surface area (Å²) in [7, 11) is 0. The molecule has 0 saturated heterocycles. The van der Waals surface area contributed by atoms with E-state index in [9.17, 15) is 0 Å². The summed E-state index contributed by atoms with van der Waals surface area (Å²) in [5.41, 5.74) is 0.275. The van der Waals surface area contributed by atoms with Gasteiger partial charge in [-0.15, -0.1) is 0 Å². The average Bonchev–Trinajstić information content (AvgIpc) is 1.88. The van der Waals surface area contributed by atoms with Gasteiger partial charge in [0.1, 0.15) is 0 Å². The van der Waals surface area contributed by atoms with E-state index < -0.39 is 5.25 Å². The normalized spacial score (nSPS) is 11.5. The quantitative estimate of drug-likeness (QED) is 0.473. The number of alkyl halides is 1. The predicted octanol–water partition coefficient (Wildman–Crippen LogP) is 1.02. The molecule has 1 aromatic rings. The second kappa shape index (κ2) is 2.58. The van der Waals surface area contributed by atoms with E-state index in [0.29, 0.717) is 0 Å². The Kier molecular flexibility index (Phi) is 1.94. The van der Waals surface area contributed by atoms with E-state index in [1.54, 1.807) is 18.2 Å². The standard InChI is InChI=1S/C7H7ClO2/c8-7(9,10)6-4-2-1-3-5-6/h1-5,9-10H. The van der Waals surface area contributed by atoms with Gasteiger partial charge in [-0.2, -0.15) is 0 Å². The van der Waals surface area contributed by atoms with Gasteiger partial charge >= 0.3 is 0 Å². The van der Waals surface area contributed by atoms with Crippen LogP contribution in [0.15, 0.2) is 30.3 Å². The Hall–Kier alpha value is -0.570. The highest BCUT2D eigenvalue weighted by Gasteiger charge is 2.20. The molecule has 2 N–H and O–H groups in total. The van der Waals surface area contributed by atoms with Gasteiger partial charge in [-0.3, -0.25) is 0 Å². The van der Waals surface area contributed by atoms with Crippen molar-refractivity contribution in [1.29, 1.82) is 0 Å². The summed E-state index contributed by atoms with van der Waals surface area (Å²) >= 11 is 5.17. The van der Waals surface area contributed by atoms with E-state index >= 15 is 0 Å². The minimum atomic E-state index is -2.23. The number of aliphatic hydroxyl groups is 2. The molecular formula is C7H7ClO2. The summed E-state index contributed by atoms with van der Waals surface area (Å²) in [6.07, 6.45) is 0. The molecule has 0 aliphatic heterocycles. The van der Waals surface area contributed by atoms with Gasteiger partial charge < -0.3 is 10.2 Å². The molecule has 0 heterocycles. The Bertz CT molecular complexity index is 203. The first kappa shape index (κ1) is 7.54. The molecule has 0 bridgehead atoms. The summed E-state index contributed by atoms with van der Waals surface area (Å²) in [6, 6.07) is 8.20. The molecule has 0 spiro atoms. The van der Waals surface area contributed by atoms with Gasteiger partial charge in [-0.25, -0.2) is 0 Å². The lowest BCUT2D eigenvalue weighted by molar-refractivity contribution is -0.0902. The van der Waals surface area contributed by atoms with Crippen LogP contribution in [0, 0.1) is 0 Å². The van der Waals surface area contributed by atoms with Gasteiger partial charge in [0.05, 0.1) is 0 Å². The highest BCUT2D eigenvalue weighted by molar-refractivity contribution is 6.21. The summed E-state index contributed by atoms with van der Waals surface area (Å²) in [4.78, 5) is 0.